The molecule has 0 radical (unpaired) electrons. The van der Waals surface area contributed by atoms with Crippen LogP contribution in [0.1, 0.15) is 29.8 Å². The van der Waals surface area contributed by atoms with Gasteiger partial charge >= 0.3 is 5.97 Å². The summed E-state index contributed by atoms with van der Waals surface area (Å²) in [5, 5.41) is 14.4. The van der Waals surface area contributed by atoms with E-state index in [0.717, 1.165) is 29.3 Å². The van der Waals surface area contributed by atoms with Crippen LogP contribution >= 0.6 is 0 Å². The Balaban J connectivity index is 1.62. The smallest absolute Gasteiger partial charge is 0.326 e. The monoisotopic (exact) mass is 466 g/mol. The summed E-state index contributed by atoms with van der Waals surface area (Å²) in [6.45, 7) is 3.44. The van der Waals surface area contributed by atoms with Gasteiger partial charge in [0.1, 0.15) is 17.7 Å². The number of aliphatic carboxylic acids is 1. The summed E-state index contributed by atoms with van der Waals surface area (Å²) in [6.07, 6.45) is -0.167. The molecule has 0 aliphatic heterocycles. The zero-order valence-electron chi connectivity index (χ0n) is 18.6. The maximum Gasteiger partial charge on any atom is 0.326 e. The average Bonchev–Trinajstić information content (AvgIpc) is 2.76. The molecule has 1 atom stereocenters. The summed E-state index contributed by atoms with van der Waals surface area (Å²) in [6, 6.07) is 15.7. The van der Waals surface area contributed by atoms with Crippen LogP contribution in [0.3, 0.4) is 0 Å². The van der Waals surface area contributed by atoms with Gasteiger partial charge in [0.05, 0.1) is 6.42 Å². The van der Waals surface area contributed by atoms with E-state index in [9.17, 15) is 28.3 Å². The maximum atomic E-state index is 13.3. The first-order valence-corrected chi connectivity index (χ1v) is 10.6. The first-order valence-electron chi connectivity index (χ1n) is 10.6. The van der Waals surface area contributed by atoms with Crippen LogP contribution in [0.5, 0.6) is 0 Å². The molecular formula is C26H24F2N2O4. The Morgan fingerprint density at radius 1 is 0.853 bits per heavy atom. The summed E-state index contributed by atoms with van der Waals surface area (Å²) in [5.41, 5.74) is 2.76. The molecule has 0 bridgehead atoms. The molecule has 3 aromatic rings. The molecule has 8 heteroatoms. The first kappa shape index (κ1) is 24.6. The molecule has 0 saturated heterocycles. The SMILES string of the molecule is CC(C)[C@H](NC(=O)c1ccc(-c2ccc(NC(=O)Cc3cc(F)cc(F)c3)cc2)cc1)C(=O)O. The Morgan fingerprint density at radius 2 is 1.38 bits per heavy atom. The molecule has 0 aliphatic carbocycles. The Hall–Kier alpha value is -4.07. The lowest BCUT2D eigenvalue weighted by Gasteiger charge is -2.18. The summed E-state index contributed by atoms with van der Waals surface area (Å²) < 4.78 is 26.6. The molecule has 0 aromatic heterocycles. The molecule has 3 rings (SSSR count). The van der Waals surface area contributed by atoms with Crippen LogP contribution in [0.4, 0.5) is 14.5 Å². The third kappa shape index (κ3) is 6.48. The Bertz CT molecular complexity index is 1170. The summed E-state index contributed by atoms with van der Waals surface area (Å²) in [4.78, 5) is 35.9. The molecular weight excluding hydrogens is 442 g/mol. The van der Waals surface area contributed by atoms with E-state index in [1.165, 1.54) is 0 Å². The van der Waals surface area contributed by atoms with Crippen molar-refractivity contribution in [3.63, 3.8) is 0 Å². The van der Waals surface area contributed by atoms with Crippen LogP contribution in [-0.4, -0.2) is 28.9 Å². The molecule has 0 aliphatic rings. The van der Waals surface area contributed by atoms with Gasteiger partial charge in [0.15, 0.2) is 0 Å². The minimum Gasteiger partial charge on any atom is -0.480 e. The lowest BCUT2D eigenvalue weighted by atomic mass is 10.0. The van der Waals surface area contributed by atoms with Crippen LogP contribution in [0, 0.1) is 17.6 Å². The maximum absolute atomic E-state index is 13.3. The molecule has 176 valence electrons. The standard InChI is InChI=1S/C26H24F2N2O4/c1-15(2)24(26(33)34)30-25(32)19-5-3-17(4-6-19)18-7-9-22(10-8-18)29-23(31)13-16-11-20(27)14-21(28)12-16/h3-12,14-15,24H,13H2,1-2H3,(H,29,31)(H,30,32)(H,33,34)/t24-/m0/s1. The predicted octanol–water partition coefficient (Wildman–Crippen LogP) is 4.65. The predicted molar refractivity (Wildman–Crippen MR) is 124 cm³/mol. The van der Waals surface area contributed by atoms with Crippen molar-refractivity contribution >= 4 is 23.5 Å². The zero-order valence-corrected chi connectivity index (χ0v) is 18.6. The van der Waals surface area contributed by atoms with E-state index >= 15 is 0 Å². The second-order valence-electron chi connectivity index (χ2n) is 8.19. The van der Waals surface area contributed by atoms with Gasteiger partial charge in [0.2, 0.25) is 5.91 Å². The Morgan fingerprint density at radius 3 is 1.88 bits per heavy atom. The quantitative estimate of drug-likeness (QED) is 0.450. The number of anilines is 1. The van der Waals surface area contributed by atoms with E-state index in [-0.39, 0.29) is 17.9 Å². The highest BCUT2D eigenvalue weighted by molar-refractivity contribution is 5.97. The first-order chi connectivity index (χ1) is 16.1. The van der Waals surface area contributed by atoms with Gasteiger partial charge in [-0.15, -0.1) is 0 Å². The fourth-order valence-electron chi connectivity index (χ4n) is 3.40. The van der Waals surface area contributed by atoms with Crippen LogP contribution in [0.2, 0.25) is 0 Å². The second kappa shape index (κ2) is 10.7. The van der Waals surface area contributed by atoms with E-state index in [1.54, 1.807) is 62.4 Å². The van der Waals surface area contributed by atoms with Gasteiger partial charge in [-0.3, -0.25) is 9.59 Å². The van der Waals surface area contributed by atoms with Crippen molar-refractivity contribution in [2.24, 2.45) is 5.92 Å². The Labute approximate surface area is 195 Å². The topological polar surface area (TPSA) is 95.5 Å². The molecule has 0 unspecified atom stereocenters. The lowest BCUT2D eigenvalue weighted by molar-refractivity contribution is -0.140. The van der Waals surface area contributed by atoms with Gasteiger partial charge in [-0.1, -0.05) is 38.1 Å². The summed E-state index contributed by atoms with van der Waals surface area (Å²) in [5.74, 6) is -3.70. The van der Waals surface area contributed by atoms with Crippen molar-refractivity contribution in [3.05, 3.63) is 89.5 Å². The molecule has 2 amide bonds. The number of carbonyl (C=O) groups is 3. The van der Waals surface area contributed by atoms with Crippen molar-refractivity contribution < 1.29 is 28.3 Å². The number of carboxylic acids is 1. The van der Waals surface area contributed by atoms with Crippen LogP contribution < -0.4 is 10.6 Å². The number of halogens is 2. The minimum absolute atomic E-state index is 0.167. The lowest BCUT2D eigenvalue weighted by Crippen LogP contribution is -2.44. The highest BCUT2D eigenvalue weighted by atomic mass is 19.1. The summed E-state index contributed by atoms with van der Waals surface area (Å²) in [7, 11) is 0. The van der Waals surface area contributed by atoms with E-state index in [4.69, 9.17) is 0 Å². The van der Waals surface area contributed by atoms with E-state index < -0.39 is 35.5 Å². The second-order valence-corrected chi connectivity index (χ2v) is 8.19. The highest BCUT2D eigenvalue weighted by Crippen LogP contribution is 2.22. The molecule has 0 saturated carbocycles. The van der Waals surface area contributed by atoms with E-state index in [0.29, 0.717) is 11.3 Å². The van der Waals surface area contributed by atoms with Gasteiger partial charge in [0.25, 0.3) is 5.91 Å². The Kier molecular flexibility index (Phi) is 7.73. The summed E-state index contributed by atoms with van der Waals surface area (Å²) >= 11 is 0. The zero-order chi connectivity index (χ0) is 24.8. The van der Waals surface area contributed by atoms with Gasteiger partial charge < -0.3 is 15.7 Å². The normalized spacial score (nSPS) is 11.7. The molecule has 3 N–H and O–H groups in total. The third-order valence-electron chi connectivity index (χ3n) is 5.16. The highest BCUT2D eigenvalue weighted by Gasteiger charge is 2.23. The van der Waals surface area contributed by atoms with Crippen molar-refractivity contribution in [2.75, 3.05) is 5.32 Å². The number of amides is 2. The fraction of sp³-hybridized carbons (Fsp3) is 0.192. The van der Waals surface area contributed by atoms with Crippen molar-refractivity contribution in [3.8, 4) is 11.1 Å². The number of carboxylic acid groups (broad SMARTS) is 1. The molecule has 34 heavy (non-hydrogen) atoms. The largest absolute Gasteiger partial charge is 0.480 e. The number of benzene rings is 3. The van der Waals surface area contributed by atoms with Gasteiger partial charge in [-0.05, 0) is 59.0 Å². The van der Waals surface area contributed by atoms with Crippen molar-refractivity contribution in [1.82, 2.24) is 5.32 Å². The molecule has 6 nitrogen and oxygen atoms in total. The number of hydrogen-bond donors (Lipinski definition) is 3. The fourth-order valence-corrected chi connectivity index (χ4v) is 3.40. The number of rotatable bonds is 8. The van der Waals surface area contributed by atoms with Crippen LogP contribution in [0.25, 0.3) is 11.1 Å². The number of hydrogen-bond acceptors (Lipinski definition) is 3. The average molecular weight is 466 g/mol. The molecule has 0 spiro atoms. The molecule has 3 aromatic carbocycles. The third-order valence-corrected chi connectivity index (χ3v) is 5.16. The van der Waals surface area contributed by atoms with Crippen molar-refractivity contribution in [1.29, 1.82) is 0 Å². The van der Waals surface area contributed by atoms with E-state index in [2.05, 4.69) is 10.6 Å². The van der Waals surface area contributed by atoms with Crippen LogP contribution in [-0.2, 0) is 16.0 Å². The van der Waals surface area contributed by atoms with Gasteiger partial charge in [-0.2, -0.15) is 0 Å². The molecule has 0 heterocycles. The molecule has 0 fully saturated rings. The van der Waals surface area contributed by atoms with Gasteiger partial charge in [-0.25, -0.2) is 13.6 Å². The van der Waals surface area contributed by atoms with Crippen LogP contribution in [0.15, 0.2) is 66.7 Å². The van der Waals surface area contributed by atoms with Crippen molar-refractivity contribution in [2.45, 2.75) is 26.3 Å². The van der Waals surface area contributed by atoms with E-state index in [1.807, 2.05) is 0 Å². The minimum atomic E-state index is -1.09. The van der Waals surface area contributed by atoms with Gasteiger partial charge in [0, 0.05) is 17.3 Å². The number of nitrogens with one attached hydrogen (secondary N) is 2. The number of carbonyl (C=O) groups excluding carboxylic acids is 2.